The quantitative estimate of drug-likeness (QED) is 0.225. The maximum absolute atomic E-state index is 15.2. The summed E-state index contributed by atoms with van der Waals surface area (Å²) >= 11 is 0. The van der Waals surface area contributed by atoms with Crippen molar-refractivity contribution in [1.82, 2.24) is 24.1 Å². The molecule has 12 nitrogen and oxygen atoms in total. The minimum Gasteiger partial charge on any atom is -0.345 e. The number of nitrogens with one attached hydrogen (secondary N) is 2. The summed E-state index contributed by atoms with van der Waals surface area (Å²) in [5.41, 5.74) is -2.87. The van der Waals surface area contributed by atoms with Gasteiger partial charge in [0, 0.05) is 50.4 Å². The highest BCUT2D eigenvalue weighted by molar-refractivity contribution is 7.87. The van der Waals surface area contributed by atoms with E-state index in [2.05, 4.69) is 42.3 Å². The lowest BCUT2D eigenvalue weighted by molar-refractivity contribution is -0.147. The Bertz CT molecular complexity index is 1750. The Hall–Kier alpha value is -2.64. The van der Waals surface area contributed by atoms with Gasteiger partial charge >= 0.3 is 10.2 Å². The summed E-state index contributed by atoms with van der Waals surface area (Å²) in [6.07, 6.45) is 8.45. The molecule has 0 bridgehead atoms. The number of piperidine rings is 1. The van der Waals surface area contributed by atoms with Crippen LogP contribution in [0.2, 0.25) is 0 Å². The van der Waals surface area contributed by atoms with Crippen LogP contribution in [0.3, 0.4) is 0 Å². The van der Waals surface area contributed by atoms with Crippen LogP contribution in [-0.4, -0.2) is 103 Å². The molecule has 0 aromatic heterocycles. The Morgan fingerprint density at radius 2 is 1.54 bits per heavy atom. The van der Waals surface area contributed by atoms with Crippen LogP contribution in [-0.2, 0) is 34.2 Å². The summed E-state index contributed by atoms with van der Waals surface area (Å²) in [4.78, 5) is 76.1. The van der Waals surface area contributed by atoms with Crippen molar-refractivity contribution in [2.75, 3.05) is 39.3 Å². The Balaban J connectivity index is 1.26. The van der Waals surface area contributed by atoms with E-state index in [1.807, 2.05) is 41.5 Å². The van der Waals surface area contributed by atoms with E-state index >= 15 is 4.79 Å². The van der Waals surface area contributed by atoms with Gasteiger partial charge in [-0.05, 0) is 92.0 Å². The lowest BCUT2D eigenvalue weighted by atomic mass is 9.73. The Morgan fingerprint density at radius 1 is 0.895 bits per heavy atom. The average molecular weight is 814 g/mol. The number of likely N-dealkylation sites (tertiary alicyclic amines) is 2. The number of rotatable bonds is 14. The van der Waals surface area contributed by atoms with Gasteiger partial charge < -0.3 is 15.1 Å². The maximum Gasteiger partial charge on any atom is 0.303 e. The Labute approximate surface area is 342 Å². The van der Waals surface area contributed by atoms with E-state index in [9.17, 15) is 27.6 Å². The molecule has 7 atom stereocenters. The zero-order chi connectivity index (χ0) is 42.1. The van der Waals surface area contributed by atoms with Crippen LogP contribution in [0.1, 0.15) is 133 Å². The molecule has 0 aromatic rings. The first kappa shape index (κ1) is 43.9. The summed E-state index contributed by atoms with van der Waals surface area (Å²) in [7, 11) is -4.06. The number of ketones is 2. The topological polar surface area (TPSA) is 153 Å². The molecule has 2 N–H and O–H groups in total. The number of nitrogens with zero attached hydrogens (tertiary/aromatic N) is 3. The predicted octanol–water partition coefficient (Wildman–Crippen LogP) is 5.28. The number of fused-ring (bicyclic) bond motifs is 1. The fourth-order valence-corrected chi connectivity index (χ4v) is 13.1. The molecule has 3 aliphatic heterocycles. The molecule has 2 spiro atoms. The summed E-state index contributed by atoms with van der Waals surface area (Å²) in [5, 5.41) is 3.12. The van der Waals surface area contributed by atoms with Crippen LogP contribution in [0.25, 0.3) is 0 Å². The van der Waals surface area contributed by atoms with Crippen molar-refractivity contribution in [2.24, 2.45) is 50.2 Å². The maximum atomic E-state index is 15.2. The minimum atomic E-state index is -4.06. The molecule has 6 fully saturated rings. The summed E-state index contributed by atoms with van der Waals surface area (Å²) in [6.45, 7) is 25.7. The summed E-state index contributed by atoms with van der Waals surface area (Å²) in [5.74, 6) is -2.86. The average Bonchev–Trinajstić information content (AvgIpc) is 3.57. The van der Waals surface area contributed by atoms with E-state index in [-0.39, 0.29) is 64.3 Å². The second-order valence-electron chi connectivity index (χ2n) is 21.3. The molecule has 3 saturated carbocycles. The predicted molar refractivity (Wildman–Crippen MR) is 220 cm³/mol. The highest BCUT2D eigenvalue weighted by Crippen LogP contribution is 2.88. The van der Waals surface area contributed by atoms with E-state index in [0.717, 1.165) is 58.0 Å². The van der Waals surface area contributed by atoms with E-state index in [0.29, 0.717) is 39.0 Å². The molecule has 6 rings (SSSR count). The highest BCUT2D eigenvalue weighted by Gasteiger charge is 2.85. The number of hydrogen-bond acceptors (Lipinski definition) is 8. The van der Waals surface area contributed by atoms with Gasteiger partial charge in [-0.25, -0.2) is 4.72 Å². The first-order valence-corrected chi connectivity index (χ1v) is 23.2. The molecule has 57 heavy (non-hydrogen) atoms. The largest absolute Gasteiger partial charge is 0.345 e. The van der Waals surface area contributed by atoms with Gasteiger partial charge in [0.2, 0.25) is 17.7 Å². The monoisotopic (exact) mass is 814 g/mol. The van der Waals surface area contributed by atoms with Crippen molar-refractivity contribution < 1.29 is 32.4 Å². The number of Topliss-reactive ketones (excluding diaryl/α,β-unsaturated/α-hetero) is 2. The molecule has 3 amide bonds. The van der Waals surface area contributed by atoms with Crippen molar-refractivity contribution in [3.8, 4) is 0 Å². The SMILES string of the molecule is C=C[C@@H]1C[C@]1(CC(=O)[C@@H]1C[C@@]2(CN1C(=O)[C@@H](CC(=O)[C@@H](NC(=O)[C@@H]1CCCN(CC)C1)C(C)(C)C)C(C)(C)C)C(C)(C)C21CCC1)C(=O)NS(=O)(=O)N1CCCC1. The van der Waals surface area contributed by atoms with Crippen molar-refractivity contribution in [1.29, 1.82) is 0 Å². The third-order valence-electron chi connectivity index (χ3n) is 16.0. The van der Waals surface area contributed by atoms with Crippen LogP contribution >= 0.6 is 0 Å². The van der Waals surface area contributed by atoms with Crippen molar-refractivity contribution in [3.05, 3.63) is 12.7 Å². The number of hydrogen-bond donors (Lipinski definition) is 2. The molecule has 3 aliphatic carbocycles. The molecule has 13 heteroatoms. The second kappa shape index (κ2) is 15.1. The summed E-state index contributed by atoms with van der Waals surface area (Å²) in [6, 6.07) is -1.61. The fourth-order valence-electron chi connectivity index (χ4n) is 11.8. The number of carbonyl (C=O) groups is 5. The molecular formula is C44H71N5O7S. The van der Waals surface area contributed by atoms with Gasteiger partial charge in [-0.15, -0.1) is 6.58 Å². The van der Waals surface area contributed by atoms with Crippen LogP contribution in [0.4, 0.5) is 0 Å². The summed E-state index contributed by atoms with van der Waals surface area (Å²) < 4.78 is 29.9. The van der Waals surface area contributed by atoms with Crippen LogP contribution in [0.5, 0.6) is 0 Å². The van der Waals surface area contributed by atoms with Gasteiger partial charge in [-0.2, -0.15) is 12.7 Å². The van der Waals surface area contributed by atoms with Crippen molar-refractivity contribution in [3.63, 3.8) is 0 Å². The Kier molecular flexibility index (Phi) is 11.7. The molecule has 0 radical (unpaired) electrons. The van der Waals surface area contributed by atoms with E-state index < -0.39 is 50.4 Å². The number of amides is 3. The first-order valence-electron chi connectivity index (χ1n) is 21.7. The highest BCUT2D eigenvalue weighted by atomic mass is 32.2. The van der Waals surface area contributed by atoms with Gasteiger partial charge in [0.05, 0.1) is 23.4 Å². The van der Waals surface area contributed by atoms with Crippen LogP contribution < -0.4 is 10.0 Å². The zero-order valence-electron chi connectivity index (χ0n) is 36.3. The number of allylic oxidation sites excluding steroid dienone is 1. The van der Waals surface area contributed by atoms with Crippen LogP contribution in [0, 0.1) is 50.2 Å². The number of carbonyl (C=O) groups excluding carboxylic acids is 5. The van der Waals surface area contributed by atoms with Crippen molar-refractivity contribution in [2.45, 2.75) is 145 Å². The lowest BCUT2D eigenvalue weighted by Crippen LogP contribution is -2.54. The molecule has 3 heterocycles. The normalized spacial score (nSPS) is 32.0. The van der Waals surface area contributed by atoms with E-state index in [4.69, 9.17) is 0 Å². The Morgan fingerprint density at radius 3 is 2.05 bits per heavy atom. The molecule has 6 aliphatic rings. The fraction of sp³-hybridized carbons (Fsp3) is 0.841. The van der Waals surface area contributed by atoms with Gasteiger partial charge in [-0.1, -0.05) is 74.8 Å². The zero-order valence-corrected chi connectivity index (χ0v) is 37.1. The molecule has 0 aromatic carbocycles. The van der Waals surface area contributed by atoms with Gasteiger partial charge in [0.25, 0.3) is 0 Å². The van der Waals surface area contributed by atoms with Gasteiger partial charge in [0.15, 0.2) is 11.6 Å². The van der Waals surface area contributed by atoms with Gasteiger partial charge in [-0.3, -0.25) is 24.0 Å². The molecule has 3 saturated heterocycles. The van der Waals surface area contributed by atoms with E-state index in [1.165, 1.54) is 4.31 Å². The van der Waals surface area contributed by atoms with Gasteiger partial charge in [0.1, 0.15) is 0 Å². The standard InChI is InChI=1S/C44H71N5O7S/c1-11-30-24-42(30,38(54)46-57(55,56)48-21-13-14-22-48)26-34(51)32-25-44(41(9,10)43(44)18-16-19-43)28-49(32)37(53)31(39(3,4)5)23-33(50)35(40(6,7)8)45-36(52)29-17-15-20-47(12-2)27-29/h11,29-32,35H,1,12-28H2,2-10H3,(H,45,52)(H,46,54)/t29-,30-,31-,32+,35-,42-,44-/m1/s1. The first-order chi connectivity index (χ1) is 26.4. The third-order valence-corrected chi connectivity index (χ3v) is 17.5. The molecule has 320 valence electrons. The molecular weight excluding hydrogens is 743 g/mol. The van der Waals surface area contributed by atoms with Crippen molar-refractivity contribution >= 4 is 39.5 Å². The van der Waals surface area contributed by atoms with Crippen LogP contribution in [0.15, 0.2) is 12.7 Å². The smallest absolute Gasteiger partial charge is 0.303 e. The van der Waals surface area contributed by atoms with E-state index in [1.54, 1.807) is 11.0 Å². The minimum absolute atomic E-state index is 0.0246. The lowest BCUT2D eigenvalue weighted by Gasteiger charge is -2.38. The second-order valence-corrected chi connectivity index (χ2v) is 23.0. The third kappa shape index (κ3) is 7.57. The molecule has 0 unspecified atom stereocenters.